The van der Waals surface area contributed by atoms with Gasteiger partial charge in [0.2, 0.25) is 0 Å². The summed E-state index contributed by atoms with van der Waals surface area (Å²) in [7, 11) is 0. The van der Waals surface area contributed by atoms with Gasteiger partial charge >= 0.3 is 0 Å². The third-order valence-electron chi connectivity index (χ3n) is 16.1. The van der Waals surface area contributed by atoms with Crippen LogP contribution in [0, 0.1) is 46.3 Å². The Kier molecular flexibility index (Phi) is 10.0. The number of ether oxygens (including phenoxy) is 6. The smallest absolute Gasteiger partial charge is 0.187 e. The van der Waals surface area contributed by atoms with E-state index in [1.165, 1.54) is 6.92 Å². The van der Waals surface area contributed by atoms with E-state index in [9.17, 15) is 40.5 Å². The summed E-state index contributed by atoms with van der Waals surface area (Å²) in [6.45, 7) is 10.6. The zero-order valence-electron chi connectivity index (χ0n) is 31.7. The van der Waals surface area contributed by atoms with Crippen LogP contribution in [0.4, 0.5) is 0 Å². The van der Waals surface area contributed by atoms with Crippen LogP contribution in [-0.2, 0) is 33.2 Å². The van der Waals surface area contributed by atoms with Crippen molar-refractivity contribution in [2.24, 2.45) is 46.3 Å². The molecule has 8 rings (SSSR count). The van der Waals surface area contributed by atoms with Crippen molar-refractivity contribution in [3.63, 3.8) is 0 Å². The minimum atomic E-state index is -1.69. The molecule has 302 valence electrons. The summed E-state index contributed by atoms with van der Waals surface area (Å²) in [4.78, 5) is 14.4. The van der Waals surface area contributed by atoms with Crippen LogP contribution in [0.3, 0.4) is 0 Å². The topological polar surface area (TPSA) is 214 Å². The highest BCUT2D eigenvalue weighted by molar-refractivity contribution is 5.89. The molecule has 0 aromatic rings. The number of rotatable bonds is 5. The van der Waals surface area contributed by atoms with Gasteiger partial charge in [-0.15, -0.1) is 0 Å². The van der Waals surface area contributed by atoms with Gasteiger partial charge in [0.1, 0.15) is 48.3 Å². The molecular formula is C39H62O14. The monoisotopic (exact) mass is 754 g/mol. The SMILES string of the molecule is C[C@@H]1CC[C@@]2(OC1)O[C@H]1C[C@H]3[C@@H]4CC(=O)[C@@]5(O)C[C@@H](O[C@@H]6O[C@H](CO)[C@@H](O)[C@H](O)[C@H]6O[C@@H]6O[C@@H](C)[C@H](O)[C@@H](O)[C@H]6O)CC[C@]5(C)[C@H]4CC[C@]3(C)[C@H]1[C@@H]2C. The predicted molar refractivity (Wildman–Crippen MR) is 183 cm³/mol. The van der Waals surface area contributed by atoms with Gasteiger partial charge in [0.15, 0.2) is 24.2 Å². The van der Waals surface area contributed by atoms with E-state index in [0.29, 0.717) is 30.6 Å². The molecule has 0 amide bonds. The second kappa shape index (κ2) is 13.6. The third kappa shape index (κ3) is 5.78. The lowest BCUT2D eigenvalue weighted by Crippen LogP contribution is -2.68. The minimum absolute atomic E-state index is 0.00329. The fourth-order valence-electron chi connectivity index (χ4n) is 12.9. The molecule has 4 aliphatic carbocycles. The average Bonchev–Trinajstić information content (AvgIpc) is 3.57. The first-order chi connectivity index (χ1) is 25.0. The first-order valence-corrected chi connectivity index (χ1v) is 20.2. The Bertz CT molecular complexity index is 1380. The van der Waals surface area contributed by atoms with E-state index in [4.69, 9.17) is 28.4 Å². The number of fused-ring (bicyclic) bond motifs is 7. The second-order valence-electron chi connectivity index (χ2n) is 18.8. The zero-order valence-corrected chi connectivity index (χ0v) is 31.7. The number of hydrogen-bond donors (Lipinski definition) is 7. The van der Waals surface area contributed by atoms with Crippen molar-refractivity contribution in [1.29, 1.82) is 0 Å². The fourth-order valence-corrected chi connectivity index (χ4v) is 12.9. The molecule has 0 aromatic carbocycles. The van der Waals surface area contributed by atoms with Gasteiger partial charge in [0.05, 0.1) is 31.5 Å². The van der Waals surface area contributed by atoms with Crippen LogP contribution in [0.25, 0.3) is 0 Å². The van der Waals surface area contributed by atoms with Gasteiger partial charge in [-0.05, 0) is 80.5 Å². The molecule has 0 bridgehead atoms. The van der Waals surface area contributed by atoms with Crippen molar-refractivity contribution in [2.45, 2.75) is 177 Å². The van der Waals surface area contributed by atoms with Gasteiger partial charge in [-0.1, -0.05) is 27.7 Å². The van der Waals surface area contributed by atoms with Crippen LogP contribution < -0.4 is 0 Å². The molecule has 4 saturated heterocycles. The van der Waals surface area contributed by atoms with Crippen molar-refractivity contribution in [1.82, 2.24) is 0 Å². The average molecular weight is 755 g/mol. The number of aliphatic hydroxyl groups excluding tert-OH is 6. The van der Waals surface area contributed by atoms with Gasteiger partial charge in [-0.3, -0.25) is 4.79 Å². The summed E-state index contributed by atoms with van der Waals surface area (Å²) in [5.74, 6) is 1.02. The summed E-state index contributed by atoms with van der Waals surface area (Å²) < 4.78 is 37.1. The van der Waals surface area contributed by atoms with Crippen molar-refractivity contribution >= 4 is 5.78 Å². The van der Waals surface area contributed by atoms with Gasteiger partial charge < -0.3 is 64.2 Å². The van der Waals surface area contributed by atoms with Crippen LogP contribution in [0.2, 0.25) is 0 Å². The molecule has 0 radical (unpaired) electrons. The van der Waals surface area contributed by atoms with Crippen molar-refractivity contribution in [3.05, 3.63) is 0 Å². The summed E-state index contributed by atoms with van der Waals surface area (Å²) in [6.07, 6.45) is -8.98. The molecule has 7 N–H and O–H groups in total. The highest BCUT2D eigenvalue weighted by Crippen LogP contribution is 2.71. The van der Waals surface area contributed by atoms with Crippen LogP contribution in [-0.4, -0.2) is 140 Å². The normalized spacial score (nSPS) is 59.6. The van der Waals surface area contributed by atoms with E-state index in [0.717, 1.165) is 38.7 Å². The lowest BCUT2D eigenvalue weighted by molar-refractivity contribution is -0.372. The van der Waals surface area contributed by atoms with E-state index in [1.54, 1.807) is 0 Å². The molecule has 8 aliphatic rings. The summed E-state index contributed by atoms with van der Waals surface area (Å²) in [5.41, 5.74) is -2.35. The summed E-state index contributed by atoms with van der Waals surface area (Å²) >= 11 is 0. The molecule has 0 unspecified atom stereocenters. The quantitative estimate of drug-likeness (QED) is 0.193. The maximum Gasteiger partial charge on any atom is 0.187 e. The Balaban J connectivity index is 0.985. The van der Waals surface area contributed by atoms with Gasteiger partial charge in [0.25, 0.3) is 0 Å². The lowest BCUT2D eigenvalue weighted by atomic mass is 9.42. The Hall–Kier alpha value is -0.850. The predicted octanol–water partition coefficient (Wildman–Crippen LogP) is 0.764. The lowest BCUT2D eigenvalue weighted by Gasteiger charge is -2.63. The second-order valence-corrected chi connectivity index (χ2v) is 18.8. The molecular weight excluding hydrogens is 692 g/mol. The number of carbonyl (C=O) groups excluding carboxylic acids is 1. The van der Waals surface area contributed by atoms with E-state index in [1.807, 2.05) is 0 Å². The molecule has 4 aliphatic heterocycles. The number of ketones is 1. The van der Waals surface area contributed by atoms with E-state index in [-0.39, 0.29) is 47.9 Å². The first-order valence-electron chi connectivity index (χ1n) is 20.2. The van der Waals surface area contributed by atoms with Crippen molar-refractivity contribution < 1.29 is 69.0 Å². The van der Waals surface area contributed by atoms with Crippen LogP contribution in [0.1, 0.15) is 92.4 Å². The molecule has 0 aromatic heterocycles. The van der Waals surface area contributed by atoms with Gasteiger partial charge in [-0.25, -0.2) is 0 Å². The third-order valence-corrected chi connectivity index (χ3v) is 16.1. The van der Waals surface area contributed by atoms with Gasteiger partial charge in [0, 0.05) is 30.6 Å². The standard InChI is InChI=1S/C39H62O14/c1-17-6-11-39(48-16-17)18(2)27-24(53-39)13-23-21-12-26(41)38(47)14-20(7-10-37(38,5)22(21)8-9-36(23,27)4)50-35-33(31(45)29(43)25(15-40)51-35)52-34-32(46)30(44)28(42)19(3)49-34/h17-25,27-35,40,42-47H,6-16H2,1-5H3/t17-,18+,19+,20+,21-,22+,23+,24+,25-,27+,28+,29-,30-,31+,32-,33-,34+,35-,36+,37-,38+,39-/m1/s1. The van der Waals surface area contributed by atoms with E-state index < -0.39 is 90.9 Å². The Morgan fingerprint density at radius 3 is 2.28 bits per heavy atom. The molecule has 8 fully saturated rings. The zero-order chi connectivity index (χ0) is 38.0. The molecule has 14 nitrogen and oxygen atoms in total. The molecule has 53 heavy (non-hydrogen) atoms. The van der Waals surface area contributed by atoms with Crippen LogP contribution in [0.5, 0.6) is 0 Å². The number of hydrogen-bond acceptors (Lipinski definition) is 14. The molecule has 4 saturated carbocycles. The maximum absolute atomic E-state index is 14.4. The highest BCUT2D eigenvalue weighted by Gasteiger charge is 2.72. The highest BCUT2D eigenvalue weighted by atomic mass is 16.8. The van der Waals surface area contributed by atoms with Crippen LogP contribution in [0.15, 0.2) is 0 Å². The van der Waals surface area contributed by atoms with Crippen molar-refractivity contribution in [2.75, 3.05) is 13.2 Å². The Morgan fingerprint density at radius 2 is 1.58 bits per heavy atom. The van der Waals surface area contributed by atoms with E-state index in [2.05, 4.69) is 27.7 Å². The largest absolute Gasteiger partial charge is 0.394 e. The van der Waals surface area contributed by atoms with Crippen molar-refractivity contribution in [3.8, 4) is 0 Å². The van der Waals surface area contributed by atoms with Gasteiger partial charge in [-0.2, -0.15) is 0 Å². The van der Waals surface area contributed by atoms with Crippen LogP contribution >= 0.6 is 0 Å². The number of carbonyl (C=O) groups is 1. The molecule has 1 spiro atoms. The number of Topliss-reactive ketones (excluding diaryl/α,β-unsaturated/α-hetero) is 1. The molecule has 22 atom stereocenters. The minimum Gasteiger partial charge on any atom is -0.394 e. The first kappa shape index (κ1) is 39.0. The molecule has 14 heteroatoms. The fraction of sp³-hybridized carbons (Fsp3) is 0.974. The number of aliphatic hydroxyl groups is 7. The Morgan fingerprint density at radius 1 is 0.830 bits per heavy atom. The van der Waals surface area contributed by atoms with E-state index >= 15 is 0 Å². The Labute approximate surface area is 311 Å². The maximum atomic E-state index is 14.4. The summed E-state index contributed by atoms with van der Waals surface area (Å²) in [6, 6.07) is 0. The molecule has 4 heterocycles. The summed E-state index contributed by atoms with van der Waals surface area (Å²) in [5, 5.41) is 75.4.